The number of hydrogen-bond acceptors (Lipinski definition) is 3. The first-order chi connectivity index (χ1) is 11.0. The number of carbonyl (C=O) groups is 1. The average molecular weight is 418 g/mol. The Bertz CT molecular complexity index is 836. The van der Waals surface area contributed by atoms with Gasteiger partial charge in [0.05, 0.1) is 14.5 Å². The fraction of sp³-hybridized carbons (Fsp3) is 0.0625. The number of rotatable bonds is 3. The van der Waals surface area contributed by atoms with Gasteiger partial charge in [0.25, 0.3) is 0 Å². The van der Waals surface area contributed by atoms with Crippen molar-refractivity contribution in [3.05, 3.63) is 61.8 Å². The maximum atomic E-state index is 13.6. The van der Waals surface area contributed by atoms with E-state index in [4.69, 9.17) is 32.7 Å². The van der Waals surface area contributed by atoms with E-state index in [9.17, 15) is 9.18 Å². The summed E-state index contributed by atoms with van der Waals surface area (Å²) in [6.45, 7) is 0.169. The predicted octanol–water partition coefficient (Wildman–Crippen LogP) is 5.48. The van der Waals surface area contributed by atoms with Crippen molar-refractivity contribution >= 4 is 51.0 Å². The molecule has 7 heteroatoms. The van der Waals surface area contributed by atoms with E-state index in [1.165, 1.54) is 6.07 Å². The molecule has 0 unspecified atom stereocenters. The molecular weight excluding hydrogens is 410 g/mol. The molecule has 1 aliphatic heterocycles. The van der Waals surface area contributed by atoms with Gasteiger partial charge in [-0.15, -0.1) is 0 Å². The number of benzene rings is 2. The largest absolute Gasteiger partial charge is 0.454 e. The van der Waals surface area contributed by atoms with Gasteiger partial charge in [-0.2, -0.15) is 0 Å². The quantitative estimate of drug-likeness (QED) is 0.376. The fourth-order valence-corrected chi connectivity index (χ4v) is 2.99. The molecule has 0 bridgehead atoms. The maximum absolute atomic E-state index is 13.6. The first-order valence-electron chi connectivity index (χ1n) is 6.42. The number of allylic oxidation sites excluding steroid dienone is 1. The van der Waals surface area contributed by atoms with Crippen molar-refractivity contribution in [1.29, 1.82) is 0 Å². The molecule has 3 rings (SSSR count). The summed E-state index contributed by atoms with van der Waals surface area (Å²) >= 11 is 14.8. The molecule has 2 aromatic carbocycles. The summed E-state index contributed by atoms with van der Waals surface area (Å²) < 4.78 is 24.3. The minimum absolute atomic E-state index is 0.0254. The normalized spacial score (nSPS) is 13.3. The van der Waals surface area contributed by atoms with Gasteiger partial charge < -0.3 is 9.47 Å². The van der Waals surface area contributed by atoms with E-state index < -0.39 is 11.6 Å². The Morgan fingerprint density at radius 2 is 1.87 bits per heavy atom. The Morgan fingerprint density at radius 3 is 2.65 bits per heavy atom. The molecular formula is C16H8BrCl2FO3. The van der Waals surface area contributed by atoms with E-state index >= 15 is 0 Å². The molecule has 118 valence electrons. The summed E-state index contributed by atoms with van der Waals surface area (Å²) in [7, 11) is 0. The van der Waals surface area contributed by atoms with Gasteiger partial charge in [0.2, 0.25) is 12.6 Å². The van der Waals surface area contributed by atoms with Gasteiger partial charge in [-0.25, -0.2) is 4.39 Å². The summed E-state index contributed by atoms with van der Waals surface area (Å²) in [5.74, 6) is 0.0838. The van der Waals surface area contributed by atoms with E-state index in [-0.39, 0.29) is 26.9 Å². The highest BCUT2D eigenvalue weighted by atomic mass is 79.9. The number of carbonyl (C=O) groups excluding carboxylic acids is 1. The lowest BCUT2D eigenvalue weighted by Gasteiger charge is -2.05. The van der Waals surface area contributed by atoms with Crippen LogP contribution in [-0.2, 0) is 0 Å². The number of hydrogen-bond donors (Lipinski definition) is 0. The van der Waals surface area contributed by atoms with Crippen molar-refractivity contribution < 1.29 is 18.7 Å². The second kappa shape index (κ2) is 6.51. The smallest absolute Gasteiger partial charge is 0.231 e. The van der Waals surface area contributed by atoms with Crippen LogP contribution in [0.4, 0.5) is 4.39 Å². The minimum Gasteiger partial charge on any atom is -0.454 e. The SMILES string of the molecule is O=C(/C(Br)=C/c1ccc2c(c1)OCO2)c1cc(F)c(Cl)cc1Cl. The van der Waals surface area contributed by atoms with Gasteiger partial charge in [0.15, 0.2) is 11.5 Å². The summed E-state index contributed by atoms with van der Waals surface area (Å²) in [5, 5.41) is -0.0557. The molecule has 0 N–H and O–H groups in total. The van der Waals surface area contributed by atoms with Gasteiger partial charge in [-0.1, -0.05) is 29.3 Å². The first-order valence-corrected chi connectivity index (χ1v) is 7.96. The van der Waals surface area contributed by atoms with Gasteiger partial charge in [0, 0.05) is 5.56 Å². The Morgan fingerprint density at radius 1 is 1.13 bits per heavy atom. The molecule has 0 aromatic heterocycles. The number of ketones is 1. The van der Waals surface area contributed by atoms with Gasteiger partial charge in [0.1, 0.15) is 5.82 Å². The Labute approximate surface area is 149 Å². The van der Waals surface area contributed by atoms with Crippen LogP contribution in [0.5, 0.6) is 11.5 Å². The molecule has 0 atom stereocenters. The molecule has 0 saturated carbocycles. The zero-order chi connectivity index (χ0) is 16.6. The Hall–Kier alpha value is -1.56. The monoisotopic (exact) mass is 416 g/mol. The number of halogens is 4. The summed E-state index contributed by atoms with van der Waals surface area (Å²) in [6, 6.07) is 7.47. The fourth-order valence-electron chi connectivity index (χ4n) is 2.04. The average Bonchev–Trinajstić information content (AvgIpc) is 2.97. The highest BCUT2D eigenvalue weighted by Gasteiger charge is 2.18. The van der Waals surface area contributed by atoms with Crippen LogP contribution in [0.25, 0.3) is 6.08 Å². The lowest BCUT2D eigenvalue weighted by molar-refractivity contribution is 0.104. The molecule has 0 aliphatic carbocycles. The van der Waals surface area contributed by atoms with Crippen molar-refractivity contribution in [3.8, 4) is 11.5 Å². The second-order valence-electron chi connectivity index (χ2n) is 4.68. The Kier molecular flexibility index (Phi) is 4.62. The highest BCUT2D eigenvalue weighted by Crippen LogP contribution is 2.34. The molecule has 23 heavy (non-hydrogen) atoms. The zero-order valence-electron chi connectivity index (χ0n) is 11.4. The number of Topliss-reactive ketones (excluding diaryl/α,β-unsaturated/α-hetero) is 1. The molecule has 0 spiro atoms. The van der Waals surface area contributed by atoms with Crippen molar-refractivity contribution in [3.63, 3.8) is 0 Å². The van der Waals surface area contributed by atoms with Gasteiger partial charge >= 0.3 is 0 Å². The zero-order valence-corrected chi connectivity index (χ0v) is 14.5. The first kappa shape index (κ1) is 16.3. The third-order valence-corrected chi connectivity index (χ3v) is 4.35. The van der Waals surface area contributed by atoms with E-state index in [0.717, 1.165) is 11.6 Å². The van der Waals surface area contributed by atoms with Crippen LogP contribution in [0.2, 0.25) is 10.0 Å². The van der Waals surface area contributed by atoms with Crippen molar-refractivity contribution in [2.45, 2.75) is 0 Å². The van der Waals surface area contributed by atoms with Crippen LogP contribution < -0.4 is 9.47 Å². The molecule has 0 amide bonds. The molecule has 0 fully saturated rings. The van der Waals surface area contributed by atoms with Crippen LogP contribution in [0.1, 0.15) is 15.9 Å². The van der Waals surface area contributed by atoms with Gasteiger partial charge in [-0.05, 0) is 51.8 Å². The molecule has 1 heterocycles. The van der Waals surface area contributed by atoms with Crippen LogP contribution in [0.3, 0.4) is 0 Å². The van der Waals surface area contributed by atoms with Crippen molar-refractivity contribution in [2.75, 3.05) is 6.79 Å². The molecule has 0 saturated heterocycles. The topological polar surface area (TPSA) is 35.5 Å². The maximum Gasteiger partial charge on any atom is 0.231 e. The Balaban J connectivity index is 1.92. The summed E-state index contributed by atoms with van der Waals surface area (Å²) in [4.78, 5) is 12.4. The lowest BCUT2D eigenvalue weighted by atomic mass is 10.1. The van der Waals surface area contributed by atoms with Crippen LogP contribution in [-0.4, -0.2) is 12.6 Å². The van der Waals surface area contributed by atoms with Gasteiger partial charge in [-0.3, -0.25) is 4.79 Å². The molecule has 0 radical (unpaired) electrons. The van der Waals surface area contributed by atoms with Crippen molar-refractivity contribution in [1.82, 2.24) is 0 Å². The summed E-state index contributed by atoms with van der Waals surface area (Å²) in [6.07, 6.45) is 1.59. The minimum atomic E-state index is -0.706. The van der Waals surface area contributed by atoms with E-state index in [1.54, 1.807) is 24.3 Å². The third-order valence-electron chi connectivity index (χ3n) is 3.16. The van der Waals surface area contributed by atoms with E-state index in [0.29, 0.717) is 11.5 Å². The van der Waals surface area contributed by atoms with E-state index in [1.807, 2.05) is 0 Å². The molecule has 3 nitrogen and oxygen atoms in total. The third kappa shape index (κ3) is 3.37. The standard InChI is InChI=1S/C16H8BrCl2FO3/c17-10(3-8-1-2-14-15(4-8)23-7-22-14)16(21)9-5-13(20)12(19)6-11(9)18/h1-6H,7H2/b10-3-. The van der Waals surface area contributed by atoms with Crippen LogP contribution in [0, 0.1) is 5.82 Å². The summed E-state index contributed by atoms with van der Waals surface area (Å²) in [5.41, 5.74) is 0.748. The van der Waals surface area contributed by atoms with Crippen LogP contribution in [0.15, 0.2) is 34.8 Å². The predicted molar refractivity (Wildman–Crippen MR) is 90.2 cm³/mol. The number of ether oxygens (including phenoxy) is 2. The van der Waals surface area contributed by atoms with Crippen molar-refractivity contribution in [2.24, 2.45) is 0 Å². The second-order valence-corrected chi connectivity index (χ2v) is 6.35. The van der Waals surface area contributed by atoms with Crippen LogP contribution >= 0.6 is 39.1 Å². The lowest BCUT2D eigenvalue weighted by Crippen LogP contribution is -2.01. The number of fused-ring (bicyclic) bond motifs is 1. The molecule has 2 aromatic rings. The van der Waals surface area contributed by atoms with E-state index in [2.05, 4.69) is 15.9 Å². The molecule has 1 aliphatic rings. The highest BCUT2D eigenvalue weighted by molar-refractivity contribution is 9.12.